The van der Waals surface area contributed by atoms with E-state index in [1.165, 1.54) is 11.4 Å². The molecule has 0 bridgehead atoms. The fourth-order valence-electron chi connectivity index (χ4n) is 1.74. The number of benzene rings is 1. The van der Waals surface area contributed by atoms with Crippen LogP contribution in [0, 0.1) is 0 Å². The van der Waals surface area contributed by atoms with E-state index in [9.17, 15) is 13.2 Å². The van der Waals surface area contributed by atoms with Gasteiger partial charge >= 0.3 is 0 Å². The molecule has 0 aromatic heterocycles. The Morgan fingerprint density at radius 1 is 1.33 bits per heavy atom. The van der Waals surface area contributed by atoms with Gasteiger partial charge in [-0.15, -0.1) is 0 Å². The summed E-state index contributed by atoms with van der Waals surface area (Å²) in [5, 5.41) is 0. The largest absolute Gasteiger partial charge is 0.399 e. The Balaban J connectivity index is 3.09. The molecule has 0 fully saturated rings. The molecule has 21 heavy (non-hydrogen) atoms. The van der Waals surface area contributed by atoms with Crippen molar-refractivity contribution in [3.63, 3.8) is 0 Å². The van der Waals surface area contributed by atoms with E-state index in [2.05, 4.69) is 0 Å². The summed E-state index contributed by atoms with van der Waals surface area (Å²) < 4.78 is 27.3. The molecule has 0 radical (unpaired) electrons. The molecule has 1 aromatic carbocycles. The van der Waals surface area contributed by atoms with Crippen LogP contribution in [-0.2, 0) is 21.5 Å². The minimum absolute atomic E-state index is 0.0351. The van der Waals surface area contributed by atoms with Crippen molar-refractivity contribution >= 4 is 21.8 Å². The predicted molar refractivity (Wildman–Crippen MR) is 82.3 cm³/mol. The second kappa shape index (κ2) is 6.88. The molecule has 0 saturated heterocycles. The fraction of sp³-hybridized carbons (Fsp3) is 0.462. The number of hydrogen-bond acceptors (Lipinski definition) is 4. The quantitative estimate of drug-likeness (QED) is 0.698. The van der Waals surface area contributed by atoms with Gasteiger partial charge in [0.15, 0.2) is 0 Å². The molecule has 0 aliphatic rings. The number of rotatable bonds is 7. The van der Waals surface area contributed by atoms with Crippen LogP contribution in [0.5, 0.6) is 0 Å². The van der Waals surface area contributed by atoms with Crippen molar-refractivity contribution in [2.24, 2.45) is 5.73 Å². The smallest absolute Gasteiger partial charge is 0.282 e. The molecule has 0 saturated carbocycles. The van der Waals surface area contributed by atoms with Gasteiger partial charge in [0.2, 0.25) is 5.91 Å². The van der Waals surface area contributed by atoms with Gasteiger partial charge in [-0.25, -0.2) is 0 Å². The Morgan fingerprint density at radius 2 is 1.95 bits per heavy atom. The highest BCUT2D eigenvalue weighted by Gasteiger charge is 2.29. The molecular weight excluding hydrogens is 292 g/mol. The molecule has 7 nitrogen and oxygen atoms in total. The van der Waals surface area contributed by atoms with Gasteiger partial charge in [0.25, 0.3) is 10.2 Å². The third-order valence-electron chi connectivity index (χ3n) is 3.06. The topological polar surface area (TPSA) is 110 Å². The summed E-state index contributed by atoms with van der Waals surface area (Å²) in [5.41, 5.74) is 12.1. The number of nitrogens with two attached hydrogens (primary N) is 2. The lowest BCUT2D eigenvalue weighted by molar-refractivity contribution is -0.118. The maximum atomic E-state index is 12.5. The molecule has 1 aromatic rings. The van der Waals surface area contributed by atoms with Crippen LogP contribution in [0.1, 0.15) is 19.4 Å². The van der Waals surface area contributed by atoms with Crippen molar-refractivity contribution in [1.82, 2.24) is 8.61 Å². The Bertz CT molecular complexity index is 601. The molecule has 0 atom stereocenters. The lowest BCUT2D eigenvalue weighted by Crippen LogP contribution is -2.47. The molecule has 0 aliphatic heterocycles. The average molecular weight is 314 g/mol. The average Bonchev–Trinajstić information content (AvgIpc) is 2.36. The van der Waals surface area contributed by atoms with Crippen molar-refractivity contribution in [3.8, 4) is 0 Å². The first kappa shape index (κ1) is 17.4. The number of anilines is 1. The second-order valence-electron chi connectivity index (χ2n) is 5.10. The van der Waals surface area contributed by atoms with Gasteiger partial charge in [0.05, 0.1) is 6.54 Å². The van der Waals surface area contributed by atoms with E-state index in [1.54, 1.807) is 38.1 Å². The van der Waals surface area contributed by atoms with E-state index >= 15 is 0 Å². The van der Waals surface area contributed by atoms with Gasteiger partial charge in [-0.3, -0.25) is 4.79 Å². The highest BCUT2D eigenvalue weighted by Crippen LogP contribution is 2.15. The van der Waals surface area contributed by atoms with E-state index < -0.39 is 16.1 Å². The van der Waals surface area contributed by atoms with Gasteiger partial charge < -0.3 is 11.5 Å². The van der Waals surface area contributed by atoms with Gasteiger partial charge in [-0.1, -0.05) is 12.1 Å². The molecule has 4 N–H and O–H groups in total. The van der Waals surface area contributed by atoms with Crippen molar-refractivity contribution < 1.29 is 13.2 Å². The third-order valence-corrected chi connectivity index (χ3v) is 5.12. The number of hydrogen-bond donors (Lipinski definition) is 2. The van der Waals surface area contributed by atoms with Crippen LogP contribution in [0.3, 0.4) is 0 Å². The second-order valence-corrected chi connectivity index (χ2v) is 7.09. The van der Waals surface area contributed by atoms with E-state index in [0.717, 1.165) is 4.31 Å². The molecule has 0 unspecified atom stereocenters. The van der Waals surface area contributed by atoms with Crippen LogP contribution in [0.4, 0.5) is 5.69 Å². The van der Waals surface area contributed by atoms with Crippen LogP contribution in [0.15, 0.2) is 24.3 Å². The first-order valence-corrected chi connectivity index (χ1v) is 7.90. The van der Waals surface area contributed by atoms with Crippen molar-refractivity contribution in [2.45, 2.75) is 26.4 Å². The summed E-state index contributed by atoms with van der Waals surface area (Å²) in [7, 11) is -2.32. The third kappa shape index (κ3) is 4.69. The van der Waals surface area contributed by atoms with Gasteiger partial charge in [-0.05, 0) is 31.5 Å². The van der Waals surface area contributed by atoms with Gasteiger partial charge in [0, 0.05) is 25.3 Å². The maximum Gasteiger partial charge on any atom is 0.282 e. The number of primary amides is 1. The molecule has 118 valence electrons. The Morgan fingerprint density at radius 3 is 2.43 bits per heavy atom. The zero-order valence-corrected chi connectivity index (χ0v) is 13.3. The molecule has 1 rings (SSSR count). The number of nitrogen functional groups attached to an aromatic ring is 1. The SMILES string of the molecule is CC(C)N(C)S(=O)(=O)N(CC(N)=O)Cc1cccc(N)c1. The Hall–Kier alpha value is -1.64. The molecule has 8 heteroatoms. The van der Waals surface area contributed by atoms with Crippen LogP contribution in [0.25, 0.3) is 0 Å². The standard InChI is InChI=1S/C13H22N4O3S/c1-10(2)16(3)21(19,20)17(9-13(15)18)8-11-5-4-6-12(14)7-11/h4-7,10H,8-9,14H2,1-3H3,(H2,15,18). The van der Waals surface area contributed by atoms with Crippen LogP contribution >= 0.6 is 0 Å². The molecular formula is C13H22N4O3S. The lowest BCUT2D eigenvalue weighted by Gasteiger charge is -2.29. The molecule has 0 heterocycles. The number of carbonyl (C=O) groups is 1. The van der Waals surface area contributed by atoms with Crippen LogP contribution in [-0.4, -0.2) is 42.6 Å². The molecule has 0 aliphatic carbocycles. The molecule has 1 amide bonds. The zero-order chi connectivity index (χ0) is 16.2. The summed E-state index contributed by atoms with van der Waals surface area (Å²) in [6.07, 6.45) is 0. The monoisotopic (exact) mass is 314 g/mol. The lowest BCUT2D eigenvalue weighted by atomic mass is 10.2. The number of nitrogens with zero attached hydrogens (tertiary/aromatic N) is 2. The molecule has 0 spiro atoms. The predicted octanol–water partition coefficient (Wildman–Crippen LogP) is 0.141. The van der Waals surface area contributed by atoms with Crippen LogP contribution in [0.2, 0.25) is 0 Å². The van der Waals surface area contributed by atoms with E-state index in [4.69, 9.17) is 11.5 Å². The summed E-state index contributed by atoms with van der Waals surface area (Å²) in [6.45, 7) is 3.16. The van der Waals surface area contributed by atoms with Crippen molar-refractivity contribution in [3.05, 3.63) is 29.8 Å². The highest BCUT2D eigenvalue weighted by atomic mass is 32.2. The summed E-state index contributed by atoms with van der Waals surface area (Å²) in [6, 6.07) is 6.61. The Kier molecular flexibility index (Phi) is 5.70. The first-order valence-electron chi connectivity index (χ1n) is 6.50. The minimum Gasteiger partial charge on any atom is -0.399 e. The fourth-order valence-corrected chi connectivity index (χ4v) is 3.24. The maximum absolute atomic E-state index is 12.5. The van der Waals surface area contributed by atoms with Gasteiger partial charge in [0.1, 0.15) is 0 Å². The van der Waals surface area contributed by atoms with Crippen molar-refractivity contribution in [2.75, 3.05) is 19.3 Å². The van der Waals surface area contributed by atoms with E-state index in [0.29, 0.717) is 11.3 Å². The zero-order valence-electron chi connectivity index (χ0n) is 12.5. The van der Waals surface area contributed by atoms with Crippen molar-refractivity contribution in [1.29, 1.82) is 0 Å². The first-order chi connectivity index (χ1) is 9.64. The highest BCUT2D eigenvalue weighted by molar-refractivity contribution is 7.86. The number of amides is 1. The minimum atomic E-state index is -3.78. The summed E-state index contributed by atoms with van der Waals surface area (Å²) >= 11 is 0. The number of carbonyl (C=O) groups excluding carboxylic acids is 1. The van der Waals surface area contributed by atoms with E-state index in [1.807, 2.05) is 0 Å². The van der Waals surface area contributed by atoms with Crippen LogP contribution < -0.4 is 11.5 Å². The Labute approximate surface area is 125 Å². The van der Waals surface area contributed by atoms with E-state index in [-0.39, 0.29) is 19.1 Å². The normalized spacial score (nSPS) is 12.3. The van der Waals surface area contributed by atoms with Gasteiger partial charge in [-0.2, -0.15) is 17.0 Å². The summed E-state index contributed by atoms with van der Waals surface area (Å²) in [4.78, 5) is 11.2. The summed E-state index contributed by atoms with van der Waals surface area (Å²) in [5.74, 6) is -0.709.